The molecule has 0 bridgehead atoms. The lowest BCUT2D eigenvalue weighted by atomic mass is 9.75. The molecule has 5 heteroatoms. The predicted molar refractivity (Wildman–Crippen MR) is 83.2 cm³/mol. The quantitative estimate of drug-likeness (QED) is 0.789. The number of rotatable bonds is 4. The van der Waals surface area contributed by atoms with Gasteiger partial charge in [0.25, 0.3) is 5.91 Å². The van der Waals surface area contributed by atoms with Gasteiger partial charge in [0.15, 0.2) is 0 Å². The second-order valence-electron chi connectivity index (χ2n) is 5.85. The van der Waals surface area contributed by atoms with E-state index >= 15 is 0 Å². The molecule has 2 amide bonds. The first-order valence-corrected chi connectivity index (χ1v) is 7.34. The van der Waals surface area contributed by atoms with Gasteiger partial charge in [-0.25, -0.2) is 0 Å². The van der Waals surface area contributed by atoms with Crippen LogP contribution in [0, 0.1) is 11.3 Å². The molecule has 1 aliphatic heterocycles. The molecule has 3 N–H and O–H groups in total. The van der Waals surface area contributed by atoms with E-state index in [0.29, 0.717) is 12.1 Å². The van der Waals surface area contributed by atoms with Crippen LogP contribution in [-0.2, 0) is 4.79 Å². The van der Waals surface area contributed by atoms with E-state index in [2.05, 4.69) is 29.8 Å². The second kappa shape index (κ2) is 6.26. The molecule has 5 nitrogen and oxygen atoms in total. The third-order valence-electron chi connectivity index (χ3n) is 4.38. The van der Waals surface area contributed by atoms with Crippen LogP contribution in [0.5, 0.6) is 0 Å². The predicted octanol–water partition coefficient (Wildman–Crippen LogP) is 1.62. The van der Waals surface area contributed by atoms with E-state index in [0.717, 1.165) is 18.7 Å². The summed E-state index contributed by atoms with van der Waals surface area (Å²) in [5.41, 5.74) is 0.954. The molecular formula is C16H23N3O2. The molecule has 0 aromatic heterocycles. The molecule has 21 heavy (non-hydrogen) atoms. The summed E-state index contributed by atoms with van der Waals surface area (Å²) >= 11 is 0. The number of hydrogen-bond donors (Lipinski definition) is 3. The molecule has 1 heterocycles. The Morgan fingerprint density at radius 2 is 1.90 bits per heavy atom. The zero-order valence-corrected chi connectivity index (χ0v) is 12.8. The minimum Gasteiger partial charge on any atom is -0.355 e. The van der Waals surface area contributed by atoms with E-state index in [1.165, 1.54) is 0 Å². The van der Waals surface area contributed by atoms with Crippen LogP contribution in [0.3, 0.4) is 0 Å². The van der Waals surface area contributed by atoms with Crippen molar-refractivity contribution in [1.82, 2.24) is 10.6 Å². The van der Waals surface area contributed by atoms with Crippen LogP contribution in [0.1, 0.15) is 30.6 Å². The number of benzene rings is 1. The zero-order valence-electron chi connectivity index (χ0n) is 12.8. The van der Waals surface area contributed by atoms with Gasteiger partial charge in [-0.2, -0.15) is 0 Å². The molecule has 1 saturated heterocycles. The van der Waals surface area contributed by atoms with Crippen molar-refractivity contribution in [1.29, 1.82) is 0 Å². The average Bonchev–Trinajstić information content (AvgIpc) is 2.98. The summed E-state index contributed by atoms with van der Waals surface area (Å²) in [6.45, 7) is 5.76. The van der Waals surface area contributed by atoms with Gasteiger partial charge in [-0.1, -0.05) is 13.8 Å². The maximum atomic E-state index is 12.6. The highest BCUT2D eigenvalue weighted by Gasteiger charge is 2.43. The van der Waals surface area contributed by atoms with Crippen molar-refractivity contribution in [2.24, 2.45) is 11.3 Å². The third-order valence-corrected chi connectivity index (χ3v) is 4.38. The first-order chi connectivity index (χ1) is 9.99. The van der Waals surface area contributed by atoms with Gasteiger partial charge >= 0.3 is 0 Å². The van der Waals surface area contributed by atoms with Crippen molar-refractivity contribution < 1.29 is 9.59 Å². The molecule has 1 aromatic carbocycles. The zero-order chi connectivity index (χ0) is 15.5. The Bertz CT molecular complexity index is 517. The number of hydrogen-bond acceptors (Lipinski definition) is 3. The molecule has 1 fully saturated rings. The lowest BCUT2D eigenvalue weighted by Gasteiger charge is -2.31. The number of carbonyl (C=O) groups excluding carboxylic acids is 2. The van der Waals surface area contributed by atoms with Crippen molar-refractivity contribution in [2.45, 2.75) is 20.3 Å². The van der Waals surface area contributed by atoms with Gasteiger partial charge in [-0.15, -0.1) is 0 Å². The Hall–Kier alpha value is -1.88. The Morgan fingerprint density at radius 1 is 1.24 bits per heavy atom. The fourth-order valence-electron chi connectivity index (χ4n) is 2.76. The molecular weight excluding hydrogens is 266 g/mol. The van der Waals surface area contributed by atoms with E-state index in [4.69, 9.17) is 0 Å². The van der Waals surface area contributed by atoms with Crippen molar-refractivity contribution in [3.05, 3.63) is 29.8 Å². The number of carbonyl (C=O) groups is 2. The minimum atomic E-state index is -0.348. The average molecular weight is 289 g/mol. The van der Waals surface area contributed by atoms with Gasteiger partial charge in [0.2, 0.25) is 5.91 Å². The van der Waals surface area contributed by atoms with Crippen molar-refractivity contribution >= 4 is 17.5 Å². The van der Waals surface area contributed by atoms with Crippen molar-refractivity contribution in [2.75, 3.05) is 25.5 Å². The molecule has 114 valence electrons. The van der Waals surface area contributed by atoms with E-state index < -0.39 is 0 Å². The highest BCUT2D eigenvalue weighted by atomic mass is 16.2. The van der Waals surface area contributed by atoms with Gasteiger partial charge in [0, 0.05) is 24.8 Å². The summed E-state index contributed by atoms with van der Waals surface area (Å²) in [4.78, 5) is 24.1. The molecule has 1 unspecified atom stereocenters. The molecule has 0 radical (unpaired) electrons. The summed E-state index contributed by atoms with van der Waals surface area (Å²) in [6, 6.07) is 6.95. The molecule has 2 rings (SSSR count). The van der Waals surface area contributed by atoms with Crippen LogP contribution >= 0.6 is 0 Å². The van der Waals surface area contributed by atoms with E-state index in [1.54, 1.807) is 31.3 Å². The maximum absolute atomic E-state index is 12.6. The molecule has 1 aliphatic rings. The fraction of sp³-hybridized carbons (Fsp3) is 0.500. The number of anilines is 1. The lowest BCUT2D eigenvalue weighted by Crippen LogP contribution is -2.42. The van der Waals surface area contributed by atoms with Gasteiger partial charge < -0.3 is 16.0 Å². The van der Waals surface area contributed by atoms with Gasteiger partial charge in [0.1, 0.15) is 0 Å². The van der Waals surface area contributed by atoms with Crippen LogP contribution < -0.4 is 16.0 Å². The summed E-state index contributed by atoms with van der Waals surface area (Å²) in [7, 11) is 1.59. The van der Waals surface area contributed by atoms with Crippen LogP contribution in [0.25, 0.3) is 0 Å². The molecule has 1 atom stereocenters. The Balaban J connectivity index is 2.10. The number of nitrogens with one attached hydrogen (secondary N) is 3. The Morgan fingerprint density at radius 3 is 2.38 bits per heavy atom. The Kier molecular flexibility index (Phi) is 4.63. The van der Waals surface area contributed by atoms with Gasteiger partial charge in [-0.3, -0.25) is 9.59 Å². The number of amides is 2. The van der Waals surface area contributed by atoms with Crippen LogP contribution in [-0.4, -0.2) is 32.0 Å². The SMILES string of the molecule is CNC(=O)c1ccc(NC(=O)C2(C(C)C)CCNC2)cc1. The van der Waals surface area contributed by atoms with E-state index in [-0.39, 0.29) is 23.1 Å². The smallest absolute Gasteiger partial charge is 0.251 e. The topological polar surface area (TPSA) is 70.2 Å². The standard InChI is InChI=1S/C16H23N3O2/c1-11(2)16(8-9-18-10-16)15(21)19-13-6-4-12(5-7-13)14(20)17-3/h4-7,11,18H,8-10H2,1-3H3,(H,17,20)(H,19,21). The van der Waals surface area contributed by atoms with E-state index in [9.17, 15) is 9.59 Å². The van der Waals surface area contributed by atoms with Gasteiger partial charge in [-0.05, 0) is 43.1 Å². The first kappa shape index (κ1) is 15.5. The largest absolute Gasteiger partial charge is 0.355 e. The summed E-state index contributed by atoms with van der Waals surface area (Å²) < 4.78 is 0. The Labute approximate surface area is 125 Å². The second-order valence-corrected chi connectivity index (χ2v) is 5.85. The van der Waals surface area contributed by atoms with Crippen LogP contribution in [0.2, 0.25) is 0 Å². The third kappa shape index (κ3) is 3.08. The van der Waals surface area contributed by atoms with Crippen molar-refractivity contribution in [3.63, 3.8) is 0 Å². The van der Waals surface area contributed by atoms with Crippen LogP contribution in [0.15, 0.2) is 24.3 Å². The maximum Gasteiger partial charge on any atom is 0.251 e. The van der Waals surface area contributed by atoms with E-state index in [1.807, 2.05) is 0 Å². The highest BCUT2D eigenvalue weighted by molar-refractivity contribution is 5.97. The normalized spacial score (nSPS) is 21.3. The van der Waals surface area contributed by atoms with Crippen molar-refractivity contribution in [3.8, 4) is 0 Å². The minimum absolute atomic E-state index is 0.0511. The molecule has 1 aromatic rings. The molecule has 0 spiro atoms. The summed E-state index contributed by atoms with van der Waals surface area (Å²) in [5, 5.41) is 8.83. The summed E-state index contributed by atoms with van der Waals surface area (Å²) in [5.74, 6) is 0.194. The lowest BCUT2D eigenvalue weighted by molar-refractivity contribution is -0.126. The summed E-state index contributed by atoms with van der Waals surface area (Å²) in [6.07, 6.45) is 0.854. The highest BCUT2D eigenvalue weighted by Crippen LogP contribution is 2.35. The monoisotopic (exact) mass is 289 g/mol. The fourth-order valence-corrected chi connectivity index (χ4v) is 2.76. The van der Waals surface area contributed by atoms with Crippen LogP contribution in [0.4, 0.5) is 5.69 Å². The molecule has 0 aliphatic carbocycles. The first-order valence-electron chi connectivity index (χ1n) is 7.34. The molecule has 0 saturated carbocycles. The van der Waals surface area contributed by atoms with Gasteiger partial charge in [0.05, 0.1) is 5.41 Å².